The van der Waals surface area contributed by atoms with E-state index >= 15 is 0 Å². The maximum Gasteiger partial charge on any atom is 0.141 e. The number of nitrogens with zero attached hydrogens (tertiary/aromatic N) is 2. The van der Waals surface area contributed by atoms with Crippen molar-refractivity contribution in [3.8, 4) is 0 Å². The molecule has 0 aliphatic heterocycles. The molecule has 0 saturated heterocycles. The SMILES string of the molecule is CCCCCCCCn1c(C(C)(C)O)nc2ccccc21. The highest BCUT2D eigenvalue weighted by atomic mass is 16.3. The Balaban J connectivity index is 2.10. The Morgan fingerprint density at radius 1 is 1.05 bits per heavy atom. The van der Waals surface area contributed by atoms with Gasteiger partial charge in [0.15, 0.2) is 0 Å². The highest BCUT2D eigenvalue weighted by Crippen LogP contribution is 2.25. The molecule has 1 aromatic carbocycles. The lowest BCUT2D eigenvalue weighted by atomic mass is 10.1. The zero-order valence-electron chi connectivity index (χ0n) is 13.6. The average Bonchev–Trinajstić information content (AvgIpc) is 2.82. The van der Waals surface area contributed by atoms with Crippen molar-refractivity contribution < 1.29 is 5.11 Å². The van der Waals surface area contributed by atoms with Crippen molar-refractivity contribution in [2.24, 2.45) is 0 Å². The Morgan fingerprint density at radius 2 is 1.71 bits per heavy atom. The minimum absolute atomic E-state index is 0.775. The molecule has 21 heavy (non-hydrogen) atoms. The standard InChI is InChI=1S/C18H28N2O/c1-4-5-6-7-8-11-14-20-16-13-10-9-12-15(16)19-17(20)18(2,3)21/h9-10,12-13,21H,4-8,11,14H2,1-3H3. The van der Waals surface area contributed by atoms with Crippen LogP contribution in [0, 0.1) is 0 Å². The van der Waals surface area contributed by atoms with E-state index < -0.39 is 5.60 Å². The molecule has 3 nitrogen and oxygen atoms in total. The molecule has 0 atom stereocenters. The summed E-state index contributed by atoms with van der Waals surface area (Å²) < 4.78 is 2.19. The molecule has 0 unspecified atom stereocenters. The van der Waals surface area contributed by atoms with Crippen LogP contribution in [0.2, 0.25) is 0 Å². The number of para-hydroxylation sites is 2. The number of rotatable bonds is 8. The zero-order valence-corrected chi connectivity index (χ0v) is 13.6. The number of hydrogen-bond donors (Lipinski definition) is 1. The molecule has 2 aromatic rings. The van der Waals surface area contributed by atoms with Gasteiger partial charge in [0.05, 0.1) is 11.0 Å². The van der Waals surface area contributed by atoms with Gasteiger partial charge in [-0.05, 0) is 32.4 Å². The topological polar surface area (TPSA) is 38.0 Å². The highest BCUT2D eigenvalue weighted by molar-refractivity contribution is 5.76. The number of aliphatic hydroxyl groups is 1. The molecule has 0 amide bonds. The Morgan fingerprint density at radius 3 is 2.43 bits per heavy atom. The summed E-state index contributed by atoms with van der Waals surface area (Å²) in [5.41, 5.74) is 1.20. The molecule has 0 aliphatic rings. The van der Waals surface area contributed by atoms with Crippen LogP contribution < -0.4 is 0 Å². The van der Waals surface area contributed by atoms with Crippen molar-refractivity contribution in [1.82, 2.24) is 9.55 Å². The summed E-state index contributed by atoms with van der Waals surface area (Å²) in [5, 5.41) is 10.4. The van der Waals surface area contributed by atoms with Gasteiger partial charge in [0.2, 0.25) is 0 Å². The monoisotopic (exact) mass is 288 g/mol. The van der Waals surface area contributed by atoms with Gasteiger partial charge in [0.1, 0.15) is 11.4 Å². The Labute approximate surface area is 128 Å². The molecule has 0 bridgehead atoms. The molecule has 3 heteroatoms. The van der Waals surface area contributed by atoms with Crippen LogP contribution >= 0.6 is 0 Å². The van der Waals surface area contributed by atoms with E-state index in [-0.39, 0.29) is 0 Å². The van der Waals surface area contributed by atoms with Crippen LogP contribution in [0.25, 0.3) is 11.0 Å². The summed E-state index contributed by atoms with van der Waals surface area (Å²) >= 11 is 0. The maximum atomic E-state index is 10.4. The molecule has 1 N–H and O–H groups in total. The van der Waals surface area contributed by atoms with Crippen molar-refractivity contribution in [1.29, 1.82) is 0 Å². The van der Waals surface area contributed by atoms with Crippen LogP contribution in [-0.4, -0.2) is 14.7 Å². The fourth-order valence-electron chi connectivity index (χ4n) is 2.82. The largest absolute Gasteiger partial charge is 0.383 e. The first-order valence-corrected chi connectivity index (χ1v) is 8.22. The second-order valence-electron chi connectivity index (χ2n) is 6.40. The number of aryl methyl sites for hydroxylation is 1. The van der Waals surface area contributed by atoms with Crippen molar-refractivity contribution in [3.63, 3.8) is 0 Å². The van der Waals surface area contributed by atoms with Crippen LogP contribution in [-0.2, 0) is 12.1 Å². The lowest BCUT2D eigenvalue weighted by molar-refractivity contribution is 0.0651. The lowest BCUT2D eigenvalue weighted by Crippen LogP contribution is -2.22. The fraction of sp³-hybridized carbons (Fsp3) is 0.611. The van der Waals surface area contributed by atoms with Crippen LogP contribution in [0.3, 0.4) is 0 Å². The van der Waals surface area contributed by atoms with Gasteiger partial charge in [-0.25, -0.2) is 4.98 Å². The molecule has 0 fully saturated rings. The van der Waals surface area contributed by atoms with E-state index in [0.29, 0.717) is 0 Å². The summed E-state index contributed by atoms with van der Waals surface area (Å²) in [6.45, 7) is 6.80. The zero-order chi connectivity index (χ0) is 15.3. The number of hydrogen-bond acceptors (Lipinski definition) is 2. The Kier molecular flexibility index (Phi) is 5.40. The minimum atomic E-state index is -0.902. The number of fused-ring (bicyclic) bond motifs is 1. The molecule has 116 valence electrons. The number of aromatic nitrogens is 2. The molecule has 1 aromatic heterocycles. The first kappa shape index (κ1) is 16.0. The van der Waals surface area contributed by atoms with Gasteiger partial charge in [0, 0.05) is 6.54 Å². The third kappa shape index (κ3) is 4.07. The smallest absolute Gasteiger partial charge is 0.141 e. The van der Waals surface area contributed by atoms with E-state index in [1.54, 1.807) is 0 Å². The molecule has 2 rings (SSSR count). The van der Waals surface area contributed by atoms with Crippen molar-refractivity contribution >= 4 is 11.0 Å². The van der Waals surface area contributed by atoms with Gasteiger partial charge in [-0.15, -0.1) is 0 Å². The Hall–Kier alpha value is -1.35. The summed E-state index contributed by atoms with van der Waals surface area (Å²) in [7, 11) is 0. The fourth-order valence-corrected chi connectivity index (χ4v) is 2.82. The van der Waals surface area contributed by atoms with Gasteiger partial charge in [0.25, 0.3) is 0 Å². The van der Waals surface area contributed by atoms with E-state index in [9.17, 15) is 5.11 Å². The predicted molar refractivity (Wildman–Crippen MR) is 88.4 cm³/mol. The summed E-state index contributed by atoms with van der Waals surface area (Å²) in [6, 6.07) is 8.14. The second kappa shape index (κ2) is 7.08. The van der Waals surface area contributed by atoms with Crippen molar-refractivity contribution in [3.05, 3.63) is 30.1 Å². The molecular weight excluding hydrogens is 260 g/mol. The van der Waals surface area contributed by atoms with Crippen LogP contribution in [0.5, 0.6) is 0 Å². The van der Waals surface area contributed by atoms with E-state index in [2.05, 4.69) is 22.5 Å². The summed E-state index contributed by atoms with van der Waals surface area (Å²) in [4.78, 5) is 4.63. The number of benzene rings is 1. The van der Waals surface area contributed by atoms with E-state index in [0.717, 1.165) is 29.8 Å². The van der Waals surface area contributed by atoms with E-state index in [1.807, 2.05) is 32.0 Å². The van der Waals surface area contributed by atoms with Gasteiger partial charge in [-0.3, -0.25) is 0 Å². The van der Waals surface area contributed by atoms with Crippen LogP contribution in [0.1, 0.15) is 65.1 Å². The van der Waals surface area contributed by atoms with E-state index in [4.69, 9.17) is 0 Å². The first-order chi connectivity index (χ1) is 10.0. The third-order valence-corrected chi connectivity index (χ3v) is 3.94. The van der Waals surface area contributed by atoms with Gasteiger partial charge in [-0.1, -0.05) is 51.2 Å². The molecule has 0 radical (unpaired) electrons. The van der Waals surface area contributed by atoms with Gasteiger partial charge < -0.3 is 9.67 Å². The molecule has 0 saturated carbocycles. The molecular formula is C18H28N2O. The maximum absolute atomic E-state index is 10.4. The molecule has 0 aliphatic carbocycles. The first-order valence-electron chi connectivity index (χ1n) is 8.22. The number of imidazole rings is 1. The normalized spacial score (nSPS) is 12.2. The van der Waals surface area contributed by atoms with Crippen LogP contribution in [0.4, 0.5) is 0 Å². The molecule has 1 heterocycles. The molecule has 0 spiro atoms. The van der Waals surface area contributed by atoms with Crippen molar-refractivity contribution in [2.75, 3.05) is 0 Å². The quantitative estimate of drug-likeness (QED) is 0.719. The minimum Gasteiger partial charge on any atom is -0.383 e. The third-order valence-electron chi connectivity index (χ3n) is 3.94. The van der Waals surface area contributed by atoms with E-state index in [1.165, 1.54) is 32.1 Å². The van der Waals surface area contributed by atoms with Crippen molar-refractivity contribution in [2.45, 2.75) is 71.4 Å². The summed E-state index contributed by atoms with van der Waals surface area (Å²) in [5.74, 6) is 0.775. The number of unbranched alkanes of at least 4 members (excludes halogenated alkanes) is 5. The predicted octanol–water partition coefficient (Wildman–Crippen LogP) is 4.62. The van der Waals surface area contributed by atoms with Crippen LogP contribution in [0.15, 0.2) is 24.3 Å². The highest BCUT2D eigenvalue weighted by Gasteiger charge is 2.24. The second-order valence-corrected chi connectivity index (χ2v) is 6.40. The van der Waals surface area contributed by atoms with Gasteiger partial charge >= 0.3 is 0 Å². The Bertz CT molecular complexity index is 566. The van der Waals surface area contributed by atoms with Gasteiger partial charge in [-0.2, -0.15) is 0 Å². The summed E-state index contributed by atoms with van der Waals surface area (Å²) in [6.07, 6.45) is 7.65. The average molecular weight is 288 g/mol. The lowest BCUT2D eigenvalue weighted by Gasteiger charge is -2.19.